The first-order chi connectivity index (χ1) is 11.6. The van der Waals surface area contributed by atoms with E-state index < -0.39 is 0 Å². The molecule has 0 aromatic heterocycles. The highest BCUT2D eigenvalue weighted by Crippen LogP contribution is 2.05. The normalized spacial score (nSPS) is 11.2. The third kappa shape index (κ3) is 7.02. The van der Waals surface area contributed by atoms with Crippen molar-refractivity contribution in [3.8, 4) is 0 Å². The van der Waals surface area contributed by atoms with E-state index in [-0.39, 0.29) is 12.5 Å². The monoisotopic (exact) mass is 332 g/mol. The second kappa shape index (κ2) is 11.5. The molecule has 1 aromatic rings. The smallest absolute Gasteiger partial charge is 0.244 e. The summed E-state index contributed by atoms with van der Waals surface area (Å²) in [6.07, 6.45) is 2.26. The molecule has 0 fully saturated rings. The number of carbonyl (C=O) groups excluding carboxylic acids is 1. The van der Waals surface area contributed by atoms with Gasteiger partial charge in [0.05, 0.1) is 0 Å². The van der Waals surface area contributed by atoms with E-state index in [1.807, 2.05) is 56.1 Å². The summed E-state index contributed by atoms with van der Waals surface area (Å²) in [6.45, 7) is 9.45. The van der Waals surface area contributed by atoms with E-state index in [1.165, 1.54) is 0 Å². The fourth-order valence-corrected chi connectivity index (χ4v) is 2.39. The fraction of sp³-hybridized carbons (Fsp3) is 0.579. The van der Waals surface area contributed by atoms with Crippen molar-refractivity contribution in [3.63, 3.8) is 0 Å². The molecule has 134 valence electrons. The van der Waals surface area contributed by atoms with Crippen molar-refractivity contribution >= 4 is 11.9 Å². The lowest BCUT2D eigenvalue weighted by Gasteiger charge is -2.23. The first kappa shape index (κ1) is 20.0. The number of hydrogen-bond acceptors (Lipinski definition) is 2. The van der Waals surface area contributed by atoms with Crippen LogP contribution in [0.15, 0.2) is 35.3 Å². The first-order valence-electron chi connectivity index (χ1n) is 8.93. The maximum Gasteiger partial charge on any atom is 0.244 e. The van der Waals surface area contributed by atoms with Crippen LogP contribution < -0.4 is 5.32 Å². The van der Waals surface area contributed by atoms with Crippen LogP contribution >= 0.6 is 0 Å². The number of amides is 1. The van der Waals surface area contributed by atoms with Crippen molar-refractivity contribution in [2.75, 3.05) is 33.2 Å². The molecule has 0 aliphatic carbocycles. The maximum absolute atomic E-state index is 12.5. The molecular formula is C19H32N4O. The molecule has 0 unspecified atom stereocenters. The summed E-state index contributed by atoms with van der Waals surface area (Å²) in [4.78, 5) is 20.9. The number of carbonyl (C=O) groups is 1. The number of benzene rings is 1. The van der Waals surface area contributed by atoms with Gasteiger partial charge in [0, 0.05) is 33.2 Å². The van der Waals surface area contributed by atoms with Gasteiger partial charge in [-0.3, -0.25) is 4.79 Å². The van der Waals surface area contributed by atoms with Gasteiger partial charge in [-0.2, -0.15) is 0 Å². The van der Waals surface area contributed by atoms with Crippen LogP contribution in [-0.4, -0.2) is 54.9 Å². The molecule has 0 saturated carbocycles. The number of guanidine groups is 1. The molecule has 5 heteroatoms. The van der Waals surface area contributed by atoms with Gasteiger partial charge >= 0.3 is 0 Å². The number of aliphatic imine (C=N–C) groups is 1. The third-order valence-corrected chi connectivity index (χ3v) is 3.86. The Morgan fingerprint density at radius 1 is 1.17 bits per heavy atom. The largest absolute Gasteiger partial charge is 0.357 e. The van der Waals surface area contributed by atoms with Gasteiger partial charge in [-0.1, -0.05) is 43.7 Å². The Bertz CT molecular complexity index is 501. The summed E-state index contributed by atoms with van der Waals surface area (Å²) in [7, 11) is 2.02. The molecule has 1 amide bonds. The summed E-state index contributed by atoms with van der Waals surface area (Å²) in [6, 6.07) is 10.1. The van der Waals surface area contributed by atoms with Crippen LogP contribution in [0.25, 0.3) is 0 Å². The Labute approximate surface area is 146 Å². The van der Waals surface area contributed by atoms with Crippen molar-refractivity contribution in [2.24, 2.45) is 4.99 Å². The van der Waals surface area contributed by atoms with Gasteiger partial charge in [0.15, 0.2) is 5.96 Å². The lowest BCUT2D eigenvalue weighted by atomic mass is 10.2. The van der Waals surface area contributed by atoms with Crippen molar-refractivity contribution in [2.45, 2.75) is 40.2 Å². The Morgan fingerprint density at radius 2 is 1.88 bits per heavy atom. The highest BCUT2D eigenvalue weighted by atomic mass is 16.2. The van der Waals surface area contributed by atoms with Gasteiger partial charge in [-0.05, 0) is 25.8 Å². The summed E-state index contributed by atoms with van der Waals surface area (Å²) in [5, 5.41) is 3.26. The van der Waals surface area contributed by atoms with E-state index in [9.17, 15) is 4.79 Å². The summed E-state index contributed by atoms with van der Waals surface area (Å²) >= 11 is 0. The van der Waals surface area contributed by atoms with Gasteiger partial charge in [0.2, 0.25) is 5.91 Å². The average molecular weight is 332 g/mol. The van der Waals surface area contributed by atoms with E-state index in [0.29, 0.717) is 13.1 Å². The van der Waals surface area contributed by atoms with E-state index in [4.69, 9.17) is 0 Å². The lowest BCUT2D eigenvalue weighted by molar-refractivity contribution is -0.130. The Hall–Kier alpha value is -2.04. The molecule has 0 atom stereocenters. The molecular weight excluding hydrogens is 300 g/mol. The molecule has 0 spiro atoms. The van der Waals surface area contributed by atoms with E-state index >= 15 is 0 Å². The van der Waals surface area contributed by atoms with Crippen molar-refractivity contribution < 1.29 is 4.79 Å². The van der Waals surface area contributed by atoms with Crippen molar-refractivity contribution in [1.29, 1.82) is 0 Å². The quantitative estimate of drug-likeness (QED) is 0.559. The minimum Gasteiger partial charge on any atom is -0.357 e. The van der Waals surface area contributed by atoms with Gasteiger partial charge in [-0.15, -0.1) is 0 Å². The van der Waals surface area contributed by atoms with Gasteiger partial charge in [0.25, 0.3) is 0 Å². The minimum atomic E-state index is 0.0562. The molecule has 1 N–H and O–H groups in total. The number of hydrogen-bond donors (Lipinski definition) is 1. The molecule has 0 aliphatic heterocycles. The Balaban J connectivity index is 2.66. The topological polar surface area (TPSA) is 47.9 Å². The zero-order chi connectivity index (χ0) is 17.8. The third-order valence-electron chi connectivity index (χ3n) is 3.86. The number of likely N-dealkylation sites (N-methyl/N-ethyl adjacent to an activating group) is 1. The standard InChI is InChI=1S/C19H32N4O/c1-5-8-14-22(4)19(20-6-2)21-15-18(24)23(7-3)16-17-12-10-9-11-13-17/h9-13H,5-8,14-16H2,1-4H3,(H,20,21). The van der Waals surface area contributed by atoms with Gasteiger partial charge in [-0.25, -0.2) is 4.99 Å². The number of nitrogens with one attached hydrogen (secondary N) is 1. The lowest BCUT2D eigenvalue weighted by Crippen LogP contribution is -2.40. The minimum absolute atomic E-state index is 0.0562. The van der Waals surface area contributed by atoms with Crippen LogP contribution in [0.4, 0.5) is 0 Å². The molecule has 5 nitrogen and oxygen atoms in total. The molecule has 0 aliphatic rings. The van der Waals surface area contributed by atoms with Crippen LogP contribution in [-0.2, 0) is 11.3 Å². The van der Waals surface area contributed by atoms with Crippen LogP contribution in [0, 0.1) is 0 Å². The molecule has 0 heterocycles. The van der Waals surface area contributed by atoms with Crippen molar-refractivity contribution in [1.82, 2.24) is 15.1 Å². The SMILES string of the molecule is CCCCN(C)C(=NCC(=O)N(CC)Cc1ccccc1)NCC. The van der Waals surface area contributed by atoms with E-state index in [2.05, 4.69) is 22.1 Å². The first-order valence-corrected chi connectivity index (χ1v) is 8.93. The van der Waals surface area contributed by atoms with Crippen LogP contribution in [0.5, 0.6) is 0 Å². The Kier molecular flexibility index (Phi) is 9.58. The average Bonchev–Trinajstić information content (AvgIpc) is 2.61. The number of nitrogens with zero attached hydrogens (tertiary/aromatic N) is 3. The van der Waals surface area contributed by atoms with Crippen LogP contribution in [0.3, 0.4) is 0 Å². The summed E-state index contributed by atoms with van der Waals surface area (Å²) in [5.74, 6) is 0.857. The molecule has 24 heavy (non-hydrogen) atoms. The second-order valence-electron chi connectivity index (χ2n) is 5.84. The fourth-order valence-electron chi connectivity index (χ4n) is 2.39. The molecule has 0 saturated heterocycles. The molecule has 1 rings (SSSR count). The summed E-state index contributed by atoms with van der Waals surface area (Å²) < 4.78 is 0. The van der Waals surface area contributed by atoms with E-state index in [1.54, 1.807) is 0 Å². The Morgan fingerprint density at radius 3 is 2.46 bits per heavy atom. The molecule has 1 aromatic carbocycles. The predicted octanol–water partition coefficient (Wildman–Crippen LogP) is 2.73. The zero-order valence-corrected chi connectivity index (χ0v) is 15.6. The highest BCUT2D eigenvalue weighted by Gasteiger charge is 2.13. The predicted molar refractivity (Wildman–Crippen MR) is 101 cm³/mol. The second-order valence-corrected chi connectivity index (χ2v) is 5.84. The van der Waals surface area contributed by atoms with E-state index in [0.717, 1.165) is 37.5 Å². The maximum atomic E-state index is 12.5. The highest BCUT2D eigenvalue weighted by molar-refractivity contribution is 5.84. The van der Waals surface area contributed by atoms with Gasteiger partial charge < -0.3 is 15.1 Å². The summed E-state index contributed by atoms with van der Waals surface area (Å²) in [5.41, 5.74) is 1.14. The number of rotatable bonds is 9. The number of unbranched alkanes of at least 4 members (excludes halogenated alkanes) is 1. The zero-order valence-electron chi connectivity index (χ0n) is 15.6. The molecule has 0 bridgehead atoms. The molecule has 0 radical (unpaired) electrons. The van der Waals surface area contributed by atoms with Crippen LogP contribution in [0.2, 0.25) is 0 Å². The van der Waals surface area contributed by atoms with Crippen molar-refractivity contribution in [3.05, 3.63) is 35.9 Å². The van der Waals surface area contributed by atoms with Gasteiger partial charge in [0.1, 0.15) is 6.54 Å². The van der Waals surface area contributed by atoms with Crippen LogP contribution in [0.1, 0.15) is 39.2 Å².